The summed E-state index contributed by atoms with van der Waals surface area (Å²) in [5.41, 5.74) is 4.57. The van der Waals surface area contributed by atoms with Crippen molar-refractivity contribution >= 4 is 11.6 Å². The highest BCUT2D eigenvalue weighted by Crippen LogP contribution is 2.37. The van der Waals surface area contributed by atoms with E-state index in [-0.39, 0.29) is 5.78 Å². The van der Waals surface area contributed by atoms with E-state index in [1.165, 1.54) is 24.0 Å². The molecule has 172 valence electrons. The summed E-state index contributed by atoms with van der Waals surface area (Å²) in [6.45, 7) is 4.34. The van der Waals surface area contributed by atoms with Gasteiger partial charge in [0.15, 0.2) is 5.78 Å². The predicted molar refractivity (Wildman–Crippen MR) is 134 cm³/mol. The number of ketones is 2. The summed E-state index contributed by atoms with van der Waals surface area (Å²) in [7, 11) is 0. The van der Waals surface area contributed by atoms with Crippen LogP contribution in [0, 0.1) is 5.92 Å². The maximum atomic E-state index is 12.4. The number of Topliss-reactive ketones (excluding diaryl/α,β-unsaturated/α-hetero) is 2. The van der Waals surface area contributed by atoms with E-state index in [9.17, 15) is 9.59 Å². The Balaban J connectivity index is 1.52. The molecule has 0 atom stereocenters. The van der Waals surface area contributed by atoms with E-state index >= 15 is 0 Å². The lowest BCUT2D eigenvalue weighted by Crippen LogP contribution is -2.21. The SMILES string of the molecule is CCCCCCC(=O)c1ccc(-c2ccc(C3CCC(C(=O)CCCC)CC3)cc2)cc1. The van der Waals surface area contributed by atoms with Crippen molar-refractivity contribution in [1.29, 1.82) is 0 Å². The average Bonchev–Trinajstić information content (AvgIpc) is 2.85. The number of hydrogen-bond donors (Lipinski definition) is 0. The molecule has 3 rings (SSSR count). The van der Waals surface area contributed by atoms with E-state index in [1.54, 1.807) is 0 Å². The van der Waals surface area contributed by atoms with Gasteiger partial charge in [0.1, 0.15) is 5.78 Å². The fourth-order valence-corrected chi connectivity index (χ4v) is 4.96. The Morgan fingerprint density at radius 2 is 1.28 bits per heavy atom. The molecule has 0 spiro atoms. The van der Waals surface area contributed by atoms with Gasteiger partial charge in [-0.3, -0.25) is 9.59 Å². The Bertz CT molecular complexity index is 839. The Morgan fingerprint density at radius 1 is 0.688 bits per heavy atom. The van der Waals surface area contributed by atoms with Crippen molar-refractivity contribution in [3.05, 3.63) is 59.7 Å². The Morgan fingerprint density at radius 3 is 1.88 bits per heavy atom. The summed E-state index contributed by atoms with van der Waals surface area (Å²) >= 11 is 0. The second-order valence-electron chi connectivity index (χ2n) is 9.55. The summed E-state index contributed by atoms with van der Waals surface area (Å²) in [5.74, 6) is 1.62. The van der Waals surface area contributed by atoms with Crippen molar-refractivity contribution in [2.45, 2.75) is 96.8 Å². The molecule has 2 heteroatoms. The maximum Gasteiger partial charge on any atom is 0.162 e. The van der Waals surface area contributed by atoms with E-state index in [1.807, 2.05) is 12.1 Å². The fraction of sp³-hybridized carbons (Fsp3) is 0.533. The van der Waals surface area contributed by atoms with Crippen LogP contribution in [0.4, 0.5) is 0 Å². The van der Waals surface area contributed by atoms with Crippen molar-refractivity contribution in [2.75, 3.05) is 0 Å². The summed E-state index contributed by atoms with van der Waals surface area (Å²) < 4.78 is 0. The topological polar surface area (TPSA) is 34.1 Å². The first-order chi connectivity index (χ1) is 15.6. The average molecular weight is 433 g/mol. The molecule has 1 aliphatic carbocycles. The van der Waals surface area contributed by atoms with Crippen LogP contribution in [0.2, 0.25) is 0 Å². The van der Waals surface area contributed by atoms with Crippen LogP contribution < -0.4 is 0 Å². The minimum atomic E-state index is 0.256. The zero-order chi connectivity index (χ0) is 22.8. The summed E-state index contributed by atoms with van der Waals surface area (Å²) in [6.07, 6.45) is 12.4. The molecule has 0 bridgehead atoms. The molecule has 0 aromatic heterocycles. The van der Waals surface area contributed by atoms with Gasteiger partial charge in [-0.05, 0) is 61.1 Å². The largest absolute Gasteiger partial charge is 0.299 e. The molecule has 0 unspecified atom stereocenters. The monoisotopic (exact) mass is 432 g/mol. The van der Waals surface area contributed by atoms with Crippen LogP contribution >= 0.6 is 0 Å². The Kier molecular flexibility index (Phi) is 9.71. The first kappa shape index (κ1) is 24.4. The van der Waals surface area contributed by atoms with Crippen LogP contribution in [0.15, 0.2) is 48.5 Å². The smallest absolute Gasteiger partial charge is 0.162 e. The van der Waals surface area contributed by atoms with Gasteiger partial charge in [-0.1, -0.05) is 88.1 Å². The number of carbonyl (C=O) groups excluding carboxylic acids is 2. The molecule has 32 heavy (non-hydrogen) atoms. The van der Waals surface area contributed by atoms with Gasteiger partial charge >= 0.3 is 0 Å². The Hall–Kier alpha value is -2.22. The summed E-state index contributed by atoms with van der Waals surface area (Å²) in [4.78, 5) is 24.7. The number of rotatable bonds is 12. The van der Waals surface area contributed by atoms with Gasteiger partial charge in [0, 0.05) is 24.3 Å². The van der Waals surface area contributed by atoms with E-state index in [0.717, 1.165) is 68.9 Å². The Labute approximate surface area is 194 Å². The van der Waals surface area contributed by atoms with Gasteiger partial charge in [-0.25, -0.2) is 0 Å². The third-order valence-electron chi connectivity index (χ3n) is 7.14. The minimum absolute atomic E-state index is 0.256. The van der Waals surface area contributed by atoms with E-state index in [4.69, 9.17) is 0 Å². The minimum Gasteiger partial charge on any atom is -0.299 e. The third-order valence-corrected chi connectivity index (χ3v) is 7.14. The highest BCUT2D eigenvalue weighted by atomic mass is 16.1. The number of unbranched alkanes of at least 4 members (excludes halogenated alkanes) is 4. The van der Waals surface area contributed by atoms with Gasteiger partial charge in [0.05, 0.1) is 0 Å². The summed E-state index contributed by atoms with van der Waals surface area (Å²) in [5, 5.41) is 0. The number of hydrogen-bond acceptors (Lipinski definition) is 2. The van der Waals surface area contributed by atoms with Crippen molar-refractivity contribution in [2.24, 2.45) is 5.92 Å². The van der Waals surface area contributed by atoms with Crippen molar-refractivity contribution in [3.8, 4) is 11.1 Å². The van der Waals surface area contributed by atoms with Crippen molar-refractivity contribution < 1.29 is 9.59 Å². The van der Waals surface area contributed by atoms with Crippen molar-refractivity contribution in [3.63, 3.8) is 0 Å². The molecule has 2 aromatic carbocycles. The predicted octanol–water partition coefficient (Wildman–Crippen LogP) is 8.54. The number of benzene rings is 2. The molecule has 1 fully saturated rings. The third kappa shape index (κ3) is 6.89. The van der Waals surface area contributed by atoms with E-state index < -0.39 is 0 Å². The normalized spacial score (nSPS) is 18.4. The molecule has 2 nitrogen and oxygen atoms in total. The van der Waals surface area contributed by atoms with E-state index in [2.05, 4.69) is 50.2 Å². The molecular weight excluding hydrogens is 392 g/mol. The summed E-state index contributed by atoms with van der Waals surface area (Å²) in [6, 6.07) is 17.0. The second kappa shape index (κ2) is 12.7. The molecule has 0 saturated heterocycles. The molecule has 0 N–H and O–H groups in total. The molecule has 1 saturated carbocycles. The molecule has 0 aliphatic heterocycles. The molecule has 1 aliphatic rings. The van der Waals surface area contributed by atoms with Gasteiger partial charge in [0.25, 0.3) is 0 Å². The second-order valence-corrected chi connectivity index (χ2v) is 9.55. The fourth-order valence-electron chi connectivity index (χ4n) is 4.96. The van der Waals surface area contributed by atoms with Crippen LogP contribution in [-0.2, 0) is 4.79 Å². The molecular formula is C30H40O2. The standard InChI is InChI=1S/C30H40O2/c1-3-5-7-8-10-30(32)28-21-17-26(18-22-28)24-13-11-23(12-14-24)25-15-19-27(20-16-25)29(31)9-6-4-2/h11-14,17-18,21-22,25,27H,3-10,15-16,19-20H2,1-2H3. The number of carbonyl (C=O) groups is 2. The molecule has 0 amide bonds. The zero-order valence-corrected chi connectivity index (χ0v) is 20.1. The van der Waals surface area contributed by atoms with Crippen molar-refractivity contribution in [1.82, 2.24) is 0 Å². The molecule has 2 aromatic rings. The molecule has 0 heterocycles. The van der Waals surface area contributed by atoms with Gasteiger partial charge in [-0.2, -0.15) is 0 Å². The first-order valence-corrected chi connectivity index (χ1v) is 12.9. The molecule has 0 radical (unpaired) electrons. The van der Waals surface area contributed by atoms with Crippen LogP contribution in [-0.4, -0.2) is 11.6 Å². The lowest BCUT2D eigenvalue weighted by molar-refractivity contribution is -0.124. The lowest BCUT2D eigenvalue weighted by Gasteiger charge is -2.28. The first-order valence-electron chi connectivity index (χ1n) is 12.9. The van der Waals surface area contributed by atoms with Crippen LogP contribution in [0.25, 0.3) is 11.1 Å². The van der Waals surface area contributed by atoms with Gasteiger partial charge in [-0.15, -0.1) is 0 Å². The quantitative estimate of drug-likeness (QED) is 0.249. The zero-order valence-electron chi connectivity index (χ0n) is 20.1. The highest BCUT2D eigenvalue weighted by Gasteiger charge is 2.26. The highest BCUT2D eigenvalue weighted by molar-refractivity contribution is 5.96. The van der Waals surface area contributed by atoms with Gasteiger partial charge < -0.3 is 0 Å². The lowest BCUT2D eigenvalue weighted by atomic mass is 9.76. The maximum absolute atomic E-state index is 12.4. The van der Waals surface area contributed by atoms with Gasteiger partial charge in [0.2, 0.25) is 0 Å². The van der Waals surface area contributed by atoms with Crippen LogP contribution in [0.3, 0.4) is 0 Å². The van der Waals surface area contributed by atoms with Crippen LogP contribution in [0.5, 0.6) is 0 Å². The van der Waals surface area contributed by atoms with Crippen LogP contribution in [0.1, 0.15) is 113 Å². The van der Waals surface area contributed by atoms with E-state index in [0.29, 0.717) is 24.0 Å².